The third kappa shape index (κ3) is 1.72. The van der Waals surface area contributed by atoms with Crippen LogP contribution in [0, 0.1) is 0 Å². The molecule has 0 atom stereocenters. The minimum absolute atomic E-state index is 0.609. The summed E-state index contributed by atoms with van der Waals surface area (Å²) in [5, 5.41) is 0. The Bertz CT molecular complexity index is 341. The van der Waals surface area contributed by atoms with Gasteiger partial charge < -0.3 is 15.2 Å². The van der Waals surface area contributed by atoms with E-state index >= 15 is 0 Å². The van der Waals surface area contributed by atoms with Gasteiger partial charge in [0.25, 0.3) is 0 Å². The van der Waals surface area contributed by atoms with Gasteiger partial charge in [0.05, 0.1) is 4.47 Å². The number of benzene rings is 1. The van der Waals surface area contributed by atoms with Crippen molar-refractivity contribution in [1.29, 1.82) is 0 Å². The van der Waals surface area contributed by atoms with Crippen LogP contribution in [0.4, 0.5) is 0 Å². The first-order valence-corrected chi connectivity index (χ1v) is 5.39. The van der Waals surface area contributed by atoms with Crippen molar-refractivity contribution in [3.05, 3.63) is 22.2 Å². The first-order valence-electron chi connectivity index (χ1n) is 4.60. The van der Waals surface area contributed by atoms with Crippen molar-refractivity contribution < 1.29 is 9.47 Å². The van der Waals surface area contributed by atoms with E-state index in [1.54, 1.807) is 0 Å². The number of nitrogens with two attached hydrogens (primary N) is 1. The molecule has 2 rings (SSSR count). The molecule has 0 fully saturated rings. The summed E-state index contributed by atoms with van der Waals surface area (Å²) in [7, 11) is 0. The van der Waals surface area contributed by atoms with Gasteiger partial charge in [0.2, 0.25) is 0 Å². The third-order valence-electron chi connectivity index (χ3n) is 2.14. The maximum absolute atomic E-state index is 5.58. The van der Waals surface area contributed by atoms with Crippen LogP contribution in [0.3, 0.4) is 0 Å². The summed E-state index contributed by atoms with van der Waals surface area (Å²) in [5.41, 5.74) is 6.64. The first-order chi connectivity index (χ1) is 6.83. The molecule has 1 aliphatic heterocycles. The Hall–Kier alpha value is -0.740. The van der Waals surface area contributed by atoms with Gasteiger partial charge >= 0.3 is 0 Å². The van der Waals surface area contributed by atoms with Gasteiger partial charge in [-0.05, 0) is 40.5 Å². The number of hydrogen-bond donors (Lipinski definition) is 1. The fourth-order valence-corrected chi connectivity index (χ4v) is 1.94. The van der Waals surface area contributed by atoms with E-state index in [4.69, 9.17) is 15.2 Å². The highest BCUT2D eigenvalue weighted by atomic mass is 79.9. The highest BCUT2D eigenvalue weighted by molar-refractivity contribution is 9.10. The molecule has 2 N–H and O–H groups in total. The van der Waals surface area contributed by atoms with Gasteiger partial charge in [0.15, 0.2) is 11.5 Å². The normalized spacial score (nSPS) is 14.1. The van der Waals surface area contributed by atoms with Crippen LogP contribution < -0.4 is 15.2 Å². The third-order valence-corrected chi connectivity index (χ3v) is 2.76. The van der Waals surface area contributed by atoms with Crippen molar-refractivity contribution in [1.82, 2.24) is 0 Å². The lowest BCUT2D eigenvalue weighted by molar-refractivity contribution is 0.169. The van der Waals surface area contributed by atoms with Crippen molar-refractivity contribution in [3.8, 4) is 11.5 Å². The number of halogens is 1. The van der Waals surface area contributed by atoms with Crippen LogP contribution in [-0.4, -0.2) is 19.8 Å². The Kier molecular flexibility index (Phi) is 2.93. The smallest absolute Gasteiger partial charge is 0.175 e. The molecule has 0 radical (unpaired) electrons. The lowest BCUT2D eigenvalue weighted by Gasteiger charge is -2.22. The second-order valence-electron chi connectivity index (χ2n) is 3.10. The Labute approximate surface area is 91.3 Å². The van der Waals surface area contributed by atoms with Crippen molar-refractivity contribution >= 4 is 15.9 Å². The van der Waals surface area contributed by atoms with Gasteiger partial charge in [0.1, 0.15) is 13.2 Å². The standard InChI is InChI=1S/C10H12BrNO2/c11-8-2-1-7(3-4-12)9-10(8)14-6-5-13-9/h1-2H,3-6,12H2. The second-order valence-corrected chi connectivity index (χ2v) is 3.95. The zero-order valence-corrected chi connectivity index (χ0v) is 9.34. The van der Waals surface area contributed by atoms with Crippen LogP contribution in [-0.2, 0) is 6.42 Å². The number of hydrogen-bond acceptors (Lipinski definition) is 3. The van der Waals surface area contributed by atoms with Crippen LogP contribution in [0.5, 0.6) is 11.5 Å². The maximum atomic E-state index is 5.58. The molecule has 0 saturated carbocycles. The van der Waals surface area contributed by atoms with Crippen molar-refractivity contribution in [2.75, 3.05) is 19.8 Å². The quantitative estimate of drug-likeness (QED) is 0.878. The zero-order valence-electron chi connectivity index (χ0n) is 7.75. The fourth-order valence-electron chi connectivity index (χ4n) is 1.51. The molecular formula is C10H12BrNO2. The topological polar surface area (TPSA) is 44.5 Å². The van der Waals surface area contributed by atoms with Gasteiger partial charge in [-0.25, -0.2) is 0 Å². The minimum atomic E-state index is 0.609. The average molecular weight is 258 g/mol. The molecule has 0 aliphatic carbocycles. The van der Waals surface area contributed by atoms with Gasteiger partial charge in [-0.1, -0.05) is 6.07 Å². The van der Waals surface area contributed by atoms with E-state index in [1.807, 2.05) is 12.1 Å². The maximum Gasteiger partial charge on any atom is 0.175 e. The lowest BCUT2D eigenvalue weighted by Crippen LogP contribution is -2.17. The molecule has 1 heterocycles. The SMILES string of the molecule is NCCc1ccc(Br)c2c1OCCO2. The fraction of sp³-hybridized carbons (Fsp3) is 0.400. The summed E-state index contributed by atoms with van der Waals surface area (Å²) in [5.74, 6) is 1.65. The lowest BCUT2D eigenvalue weighted by atomic mass is 10.1. The Balaban J connectivity index is 2.42. The molecule has 1 aliphatic rings. The highest BCUT2D eigenvalue weighted by Crippen LogP contribution is 2.40. The molecule has 14 heavy (non-hydrogen) atoms. The molecule has 0 spiro atoms. The molecular weight excluding hydrogens is 246 g/mol. The van der Waals surface area contributed by atoms with Crippen LogP contribution in [0.15, 0.2) is 16.6 Å². The summed E-state index contributed by atoms with van der Waals surface area (Å²) in [6.07, 6.45) is 0.818. The predicted octanol–water partition coefficient (Wildman–Crippen LogP) is 1.72. The van der Waals surface area contributed by atoms with Gasteiger partial charge in [-0.2, -0.15) is 0 Å². The summed E-state index contributed by atoms with van der Waals surface area (Å²) in [4.78, 5) is 0. The molecule has 4 heteroatoms. The van der Waals surface area contributed by atoms with Gasteiger partial charge in [-0.3, -0.25) is 0 Å². The average Bonchev–Trinajstić information content (AvgIpc) is 2.23. The largest absolute Gasteiger partial charge is 0.486 e. The van der Waals surface area contributed by atoms with Crippen molar-refractivity contribution in [2.45, 2.75) is 6.42 Å². The van der Waals surface area contributed by atoms with Crippen molar-refractivity contribution in [2.24, 2.45) is 5.73 Å². The van der Waals surface area contributed by atoms with E-state index in [2.05, 4.69) is 15.9 Å². The minimum Gasteiger partial charge on any atom is -0.486 e. The molecule has 1 aromatic rings. The predicted molar refractivity (Wildman–Crippen MR) is 57.9 cm³/mol. The molecule has 0 aromatic heterocycles. The van der Waals surface area contributed by atoms with Crippen LogP contribution in [0.25, 0.3) is 0 Å². The Morgan fingerprint density at radius 2 is 1.93 bits per heavy atom. The number of fused-ring (bicyclic) bond motifs is 1. The summed E-state index contributed by atoms with van der Waals surface area (Å²) in [6, 6.07) is 3.99. The molecule has 0 saturated heterocycles. The van der Waals surface area contributed by atoms with E-state index in [9.17, 15) is 0 Å². The summed E-state index contributed by atoms with van der Waals surface area (Å²) >= 11 is 3.43. The van der Waals surface area contributed by atoms with E-state index in [-0.39, 0.29) is 0 Å². The second kappa shape index (κ2) is 4.19. The number of ether oxygens (including phenoxy) is 2. The monoisotopic (exact) mass is 257 g/mol. The molecule has 0 bridgehead atoms. The summed E-state index contributed by atoms with van der Waals surface area (Å²) in [6.45, 7) is 1.84. The van der Waals surface area contributed by atoms with E-state index in [0.717, 1.165) is 28.0 Å². The van der Waals surface area contributed by atoms with Crippen LogP contribution in [0.1, 0.15) is 5.56 Å². The van der Waals surface area contributed by atoms with E-state index < -0.39 is 0 Å². The highest BCUT2D eigenvalue weighted by Gasteiger charge is 2.18. The Morgan fingerprint density at radius 1 is 1.21 bits per heavy atom. The van der Waals surface area contributed by atoms with Crippen molar-refractivity contribution in [3.63, 3.8) is 0 Å². The van der Waals surface area contributed by atoms with E-state index in [0.29, 0.717) is 19.8 Å². The molecule has 3 nitrogen and oxygen atoms in total. The number of rotatable bonds is 2. The molecule has 76 valence electrons. The van der Waals surface area contributed by atoms with Gasteiger partial charge in [0, 0.05) is 0 Å². The molecule has 0 unspecified atom stereocenters. The zero-order chi connectivity index (χ0) is 9.97. The first kappa shape index (κ1) is 9.80. The Morgan fingerprint density at radius 3 is 2.64 bits per heavy atom. The van der Waals surface area contributed by atoms with Crippen LogP contribution in [0.2, 0.25) is 0 Å². The van der Waals surface area contributed by atoms with Gasteiger partial charge in [-0.15, -0.1) is 0 Å². The van der Waals surface area contributed by atoms with Crippen LogP contribution >= 0.6 is 15.9 Å². The molecule has 0 amide bonds. The molecule has 1 aromatic carbocycles. The summed E-state index contributed by atoms with van der Waals surface area (Å²) < 4.78 is 12.0. The van der Waals surface area contributed by atoms with E-state index in [1.165, 1.54) is 0 Å².